The Balaban J connectivity index is 1.47. The molecule has 3 rings (SSSR count). The number of carbonyl (C=O) groups excluding carboxylic acids is 1. The summed E-state index contributed by atoms with van der Waals surface area (Å²) < 4.78 is 1.09. The number of aromatic nitrogens is 2. The number of rotatable bonds is 4. The van der Waals surface area contributed by atoms with Gasteiger partial charge < -0.3 is 10.2 Å². The molecule has 0 radical (unpaired) electrons. The third-order valence-corrected chi connectivity index (χ3v) is 5.43. The fourth-order valence-electron chi connectivity index (χ4n) is 2.59. The highest BCUT2D eigenvalue weighted by Gasteiger charge is 2.25. The van der Waals surface area contributed by atoms with Gasteiger partial charge in [0.15, 0.2) is 0 Å². The zero-order chi connectivity index (χ0) is 15.4. The molecule has 0 spiro atoms. The van der Waals surface area contributed by atoms with Crippen LogP contribution in [0.1, 0.15) is 17.7 Å². The van der Waals surface area contributed by atoms with Crippen molar-refractivity contribution in [3.05, 3.63) is 39.4 Å². The minimum atomic E-state index is 0.0938. The lowest BCUT2D eigenvalue weighted by molar-refractivity contribution is -0.125. The molecule has 0 atom stereocenters. The van der Waals surface area contributed by atoms with Crippen LogP contribution in [0.5, 0.6) is 0 Å². The lowest BCUT2D eigenvalue weighted by atomic mass is 9.96. The van der Waals surface area contributed by atoms with Crippen LogP contribution in [-0.2, 0) is 11.3 Å². The molecule has 1 N–H and O–H groups in total. The van der Waals surface area contributed by atoms with Crippen molar-refractivity contribution in [3.8, 4) is 0 Å². The normalized spacial score (nSPS) is 15.8. The van der Waals surface area contributed by atoms with E-state index in [1.165, 1.54) is 0 Å². The molecule has 2 aromatic heterocycles. The monoisotopic (exact) mass is 380 g/mol. The van der Waals surface area contributed by atoms with Gasteiger partial charge in [-0.15, -0.1) is 11.3 Å². The third kappa shape index (κ3) is 3.84. The number of thiophene rings is 1. The number of hydrogen-bond acceptors (Lipinski definition) is 5. The minimum absolute atomic E-state index is 0.0938. The Morgan fingerprint density at radius 2 is 2.18 bits per heavy atom. The predicted molar refractivity (Wildman–Crippen MR) is 90.8 cm³/mol. The summed E-state index contributed by atoms with van der Waals surface area (Å²) in [5.41, 5.74) is 0. The van der Waals surface area contributed by atoms with E-state index < -0.39 is 0 Å². The summed E-state index contributed by atoms with van der Waals surface area (Å²) in [6.07, 6.45) is 6.86. The smallest absolute Gasteiger partial charge is 0.223 e. The van der Waals surface area contributed by atoms with Crippen LogP contribution in [0.2, 0.25) is 0 Å². The van der Waals surface area contributed by atoms with Gasteiger partial charge in [-0.05, 0) is 40.9 Å². The average Bonchev–Trinajstić information content (AvgIpc) is 2.99. The van der Waals surface area contributed by atoms with Crippen molar-refractivity contribution in [2.24, 2.45) is 5.92 Å². The Bertz CT molecular complexity index is 625. The minimum Gasteiger partial charge on any atom is -0.355 e. The van der Waals surface area contributed by atoms with Crippen LogP contribution in [-0.4, -0.2) is 29.0 Å². The van der Waals surface area contributed by atoms with Gasteiger partial charge in [0.1, 0.15) is 5.82 Å². The second-order valence-corrected chi connectivity index (χ2v) is 7.80. The molecule has 0 aliphatic carbocycles. The molecule has 1 fully saturated rings. The van der Waals surface area contributed by atoms with Gasteiger partial charge in [0.05, 0.1) is 16.5 Å². The molecule has 5 nitrogen and oxygen atoms in total. The molecule has 22 heavy (non-hydrogen) atoms. The summed E-state index contributed by atoms with van der Waals surface area (Å²) in [4.78, 5) is 24.0. The van der Waals surface area contributed by atoms with Crippen LogP contribution in [0.15, 0.2) is 34.5 Å². The Kier molecular flexibility index (Phi) is 5.04. The fourth-order valence-corrected chi connectivity index (χ4v) is 4.01. The van der Waals surface area contributed by atoms with Gasteiger partial charge >= 0.3 is 0 Å². The van der Waals surface area contributed by atoms with Crippen LogP contribution in [0.3, 0.4) is 0 Å². The Morgan fingerprint density at radius 3 is 2.82 bits per heavy atom. The van der Waals surface area contributed by atoms with E-state index in [9.17, 15) is 4.79 Å². The maximum atomic E-state index is 12.3. The first kappa shape index (κ1) is 15.4. The summed E-state index contributed by atoms with van der Waals surface area (Å²) in [6, 6.07) is 4.04. The number of nitrogens with zero attached hydrogens (tertiary/aromatic N) is 3. The molecule has 0 aromatic carbocycles. The van der Waals surface area contributed by atoms with Crippen molar-refractivity contribution in [2.75, 3.05) is 18.0 Å². The summed E-state index contributed by atoms with van der Waals surface area (Å²) in [5.74, 6) is 1.14. The van der Waals surface area contributed by atoms with Gasteiger partial charge in [0, 0.05) is 36.3 Å². The van der Waals surface area contributed by atoms with Crippen molar-refractivity contribution in [1.82, 2.24) is 15.3 Å². The van der Waals surface area contributed by atoms with E-state index in [1.807, 2.05) is 12.1 Å². The molecular formula is C15H17BrN4OS. The lowest BCUT2D eigenvalue weighted by Gasteiger charge is -2.31. The van der Waals surface area contributed by atoms with Gasteiger partial charge in [0.25, 0.3) is 0 Å². The van der Waals surface area contributed by atoms with Crippen LogP contribution in [0.4, 0.5) is 5.82 Å². The Hall–Kier alpha value is -1.47. The second-order valence-electron chi connectivity index (χ2n) is 5.25. The largest absolute Gasteiger partial charge is 0.355 e. The number of amides is 1. The van der Waals surface area contributed by atoms with Crippen LogP contribution in [0.25, 0.3) is 0 Å². The lowest BCUT2D eigenvalue weighted by Crippen LogP contribution is -2.40. The first-order chi connectivity index (χ1) is 10.7. The zero-order valence-electron chi connectivity index (χ0n) is 12.0. The molecule has 2 aromatic rings. The molecular weight excluding hydrogens is 364 g/mol. The average molecular weight is 381 g/mol. The third-order valence-electron chi connectivity index (χ3n) is 3.80. The molecule has 7 heteroatoms. The maximum absolute atomic E-state index is 12.3. The molecule has 116 valence electrons. The van der Waals surface area contributed by atoms with Gasteiger partial charge in [0.2, 0.25) is 5.91 Å². The number of piperidine rings is 1. The fraction of sp³-hybridized carbons (Fsp3) is 0.400. The molecule has 1 aliphatic rings. The molecule has 1 amide bonds. The van der Waals surface area contributed by atoms with Crippen molar-refractivity contribution in [2.45, 2.75) is 19.4 Å². The predicted octanol–water partition coefficient (Wildman–Crippen LogP) is 2.83. The van der Waals surface area contributed by atoms with Gasteiger partial charge in [-0.3, -0.25) is 9.78 Å². The molecule has 0 unspecified atom stereocenters. The summed E-state index contributed by atoms with van der Waals surface area (Å²) in [6.45, 7) is 2.31. The first-order valence-corrected chi connectivity index (χ1v) is 8.86. The van der Waals surface area contributed by atoms with Crippen LogP contribution in [0, 0.1) is 5.92 Å². The van der Waals surface area contributed by atoms with E-state index in [-0.39, 0.29) is 11.8 Å². The highest BCUT2D eigenvalue weighted by atomic mass is 79.9. The van der Waals surface area contributed by atoms with Gasteiger partial charge in [-0.1, -0.05) is 0 Å². The van der Waals surface area contributed by atoms with E-state index >= 15 is 0 Å². The van der Waals surface area contributed by atoms with Crippen molar-refractivity contribution >= 4 is 39.0 Å². The van der Waals surface area contributed by atoms with Gasteiger partial charge in [-0.2, -0.15) is 0 Å². The van der Waals surface area contributed by atoms with Gasteiger partial charge in [-0.25, -0.2) is 4.98 Å². The highest BCUT2D eigenvalue weighted by molar-refractivity contribution is 9.11. The second kappa shape index (κ2) is 7.19. The van der Waals surface area contributed by atoms with Crippen molar-refractivity contribution in [1.29, 1.82) is 0 Å². The van der Waals surface area contributed by atoms with E-state index in [4.69, 9.17) is 0 Å². The SMILES string of the molecule is O=C(NCc1ccc(Br)s1)C1CCN(c2cnccn2)CC1. The van der Waals surface area contributed by atoms with E-state index in [1.54, 1.807) is 29.9 Å². The molecule has 1 saturated heterocycles. The van der Waals surface area contributed by atoms with Crippen LogP contribution >= 0.6 is 27.3 Å². The van der Waals surface area contributed by atoms with Crippen LogP contribution < -0.4 is 10.2 Å². The zero-order valence-corrected chi connectivity index (χ0v) is 14.4. The highest BCUT2D eigenvalue weighted by Crippen LogP contribution is 2.23. The number of hydrogen-bond donors (Lipinski definition) is 1. The molecule has 3 heterocycles. The first-order valence-electron chi connectivity index (χ1n) is 7.25. The quantitative estimate of drug-likeness (QED) is 0.885. The Labute approximate surface area is 141 Å². The van der Waals surface area contributed by atoms with E-state index in [0.717, 1.165) is 40.4 Å². The Morgan fingerprint density at radius 1 is 1.36 bits per heavy atom. The summed E-state index contributed by atoms with van der Waals surface area (Å²) in [7, 11) is 0. The molecule has 0 bridgehead atoms. The molecule has 0 saturated carbocycles. The summed E-state index contributed by atoms with van der Waals surface area (Å²) >= 11 is 5.09. The topological polar surface area (TPSA) is 58.1 Å². The van der Waals surface area contributed by atoms with E-state index in [0.29, 0.717) is 6.54 Å². The van der Waals surface area contributed by atoms with Crippen molar-refractivity contribution in [3.63, 3.8) is 0 Å². The maximum Gasteiger partial charge on any atom is 0.223 e. The summed E-state index contributed by atoms with van der Waals surface area (Å²) in [5, 5.41) is 3.04. The molecule has 1 aliphatic heterocycles. The van der Waals surface area contributed by atoms with E-state index in [2.05, 4.69) is 36.1 Å². The standard InChI is InChI=1S/C15H17BrN4OS/c16-13-2-1-12(22-13)9-19-15(21)11-3-7-20(8-4-11)14-10-17-5-6-18-14/h1-2,5-6,10-11H,3-4,7-9H2,(H,19,21). The number of anilines is 1. The number of halogens is 1. The van der Waals surface area contributed by atoms with Crippen molar-refractivity contribution < 1.29 is 4.79 Å². The number of carbonyl (C=O) groups is 1. The number of nitrogens with one attached hydrogen (secondary N) is 1.